The lowest BCUT2D eigenvalue weighted by Crippen LogP contribution is -2.38. The van der Waals surface area contributed by atoms with E-state index in [0.29, 0.717) is 37.3 Å². The van der Waals surface area contributed by atoms with Crippen LogP contribution in [0.1, 0.15) is 44.9 Å². The number of anilines is 1. The molecule has 2 aromatic rings. The van der Waals surface area contributed by atoms with Crippen molar-refractivity contribution in [2.45, 2.75) is 40.3 Å². The van der Waals surface area contributed by atoms with Crippen molar-refractivity contribution >= 4 is 21.7 Å². The quantitative estimate of drug-likeness (QED) is 0.380. The Kier molecular flexibility index (Phi) is 9.18. The van der Waals surface area contributed by atoms with Crippen molar-refractivity contribution in [1.29, 1.82) is 0 Å². The SMILES string of the molecule is CCNC(=NCc1ccccc1NS(C)(=O)=O)NC(C)c1ccc(OCC(C)C)cc1. The average molecular weight is 447 g/mol. The third-order valence-corrected chi connectivity index (χ3v) is 4.97. The Bertz CT molecular complexity index is 957. The van der Waals surface area contributed by atoms with Gasteiger partial charge < -0.3 is 15.4 Å². The molecular weight excluding hydrogens is 412 g/mol. The van der Waals surface area contributed by atoms with Gasteiger partial charge in [0, 0.05) is 6.54 Å². The zero-order chi connectivity index (χ0) is 22.9. The summed E-state index contributed by atoms with van der Waals surface area (Å²) in [5.41, 5.74) is 2.45. The van der Waals surface area contributed by atoms with Gasteiger partial charge in [0.15, 0.2) is 5.96 Å². The highest BCUT2D eigenvalue weighted by Crippen LogP contribution is 2.19. The summed E-state index contributed by atoms with van der Waals surface area (Å²) in [6.07, 6.45) is 1.14. The highest BCUT2D eigenvalue weighted by molar-refractivity contribution is 7.92. The highest BCUT2D eigenvalue weighted by Gasteiger charge is 2.10. The summed E-state index contributed by atoms with van der Waals surface area (Å²) >= 11 is 0. The average Bonchev–Trinajstić information content (AvgIpc) is 2.70. The molecule has 1 unspecified atom stereocenters. The Morgan fingerprint density at radius 3 is 2.35 bits per heavy atom. The molecule has 0 saturated carbocycles. The maximum absolute atomic E-state index is 11.6. The van der Waals surface area contributed by atoms with Crippen molar-refractivity contribution in [2.75, 3.05) is 24.1 Å². The molecule has 0 aliphatic rings. The number of nitrogens with zero attached hydrogens (tertiary/aromatic N) is 1. The minimum absolute atomic E-state index is 0.0290. The minimum Gasteiger partial charge on any atom is -0.493 e. The number of hydrogen-bond donors (Lipinski definition) is 3. The van der Waals surface area contributed by atoms with E-state index in [2.05, 4.69) is 41.1 Å². The molecule has 0 aromatic heterocycles. The normalized spacial score (nSPS) is 13.0. The molecule has 2 rings (SSSR count). The minimum atomic E-state index is -3.36. The van der Waals surface area contributed by atoms with Gasteiger partial charge in [0.25, 0.3) is 0 Å². The lowest BCUT2D eigenvalue weighted by Gasteiger charge is -2.19. The molecule has 2 aromatic carbocycles. The first-order valence-electron chi connectivity index (χ1n) is 10.5. The van der Waals surface area contributed by atoms with Crippen molar-refractivity contribution in [3.05, 3.63) is 59.7 Å². The van der Waals surface area contributed by atoms with Crippen LogP contribution in [0.4, 0.5) is 5.69 Å². The summed E-state index contributed by atoms with van der Waals surface area (Å²) in [4.78, 5) is 4.64. The number of hydrogen-bond acceptors (Lipinski definition) is 4. The van der Waals surface area contributed by atoms with Gasteiger partial charge in [0.05, 0.1) is 31.1 Å². The Hall–Kier alpha value is -2.74. The largest absolute Gasteiger partial charge is 0.493 e. The fourth-order valence-electron chi connectivity index (χ4n) is 2.85. The van der Waals surface area contributed by atoms with Gasteiger partial charge in [0.1, 0.15) is 5.75 Å². The molecule has 0 radical (unpaired) electrons. The molecule has 0 spiro atoms. The second kappa shape index (κ2) is 11.6. The van der Waals surface area contributed by atoms with E-state index in [-0.39, 0.29) is 6.04 Å². The van der Waals surface area contributed by atoms with Crippen LogP contribution in [-0.4, -0.2) is 33.8 Å². The predicted octanol–water partition coefficient (Wildman–Crippen LogP) is 3.91. The van der Waals surface area contributed by atoms with E-state index in [1.807, 2.05) is 43.3 Å². The van der Waals surface area contributed by atoms with Gasteiger partial charge in [-0.2, -0.15) is 0 Å². The summed E-state index contributed by atoms with van der Waals surface area (Å²) in [7, 11) is -3.36. The molecule has 170 valence electrons. The topological polar surface area (TPSA) is 91.8 Å². The molecule has 3 N–H and O–H groups in total. The van der Waals surface area contributed by atoms with Crippen molar-refractivity contribution < 1.29 is 13.2 Å². The van der Waals surface area contributed by atoms with Gasteiger partial charge >= 0.3 is 0 Å². The van der Waals surface area contributed by atoms with E-state index in [0.717, 1.165) is 23.1 Å². The van der Waals surface area contributed by atoms with Crippen LogP contribution in [0.15, 0.2) is 53.5 Å². The number of ether oxygens (including phenoxy) is 1. The van der Waals surface area contributed by atoms with E-state index in [4.69, 9.17) is 4.74 Å². The van der Waals surface area contributed by atoms with Gasteiger partial charge in [-0.1, -0.05) is 44.2 Å². The van der Waals surface area contributed by atoms with Crippen molar-refractivity contribution in [1.82, 2.24) is 10.6 Å². The fraction of sp³-hybridized carbons (Fsp3) is 0.435. The monoisotopic (exact) mass is 446 g/mol. The summed E-state index contributed by atoms with van der Waals surface area (Å²) in [5.74, 6) is 2.00. The van der Waals surface area contributed by atoms with Gasteiger partial charge in [-0.05, 0) is 49.1 Å². The maximum Gasteiger partial charge on any atom is 0.229 e. The number of aliphatic imine (C=N–C) groups is 1. The van der Waals surface area contributed by atoms with Gasteiger partial charge in [0.2, 0.25) is 10.0 Å². The third-order valence-electron chi connectivity index (χ3n) is 4.38. The zero-order valence-corrected chi connectivity index (χ0v) is 19.8. The lowest BCUT2D eigenvalue weighted by molar-refractivity contribution is 0.271. The van der Waals surface area contributed by atoms with Crippen LogP contribution in [-0.2, 0) is 16.6 Å². The Morgan fingerprint density at radius 1 is 1.06 bits per heavy atom. The Balaban J connectivity index is 2.08. The van der Waals surface area contributed by atoms with E-state index in [1.54, 1.807) is 12.1 Å². The number of para-hydroxylation sites is 1. The number of benzene rings is 2. The van der Waals surface area contributed by atoms with E-state index < -0.39 is 10.0 Å². The van der Waals surface area contributed by atoms with Crippen LogP contribution < -0.4 is 20.1 Å². The summed E-state index contributed by atoms with van der Waals surface area (Å²) < 4.78 is 31.5. The van der Waals surface area contributed by atoms with Crippen molar-refractivity contribution in [2.24, 2.45) is 10.9 Å². The smallest absolute Gasteiger partial charge is 0.229 e. The van der Waals surface area contributed by atoms with Crippen LogP contribution in [0, 0.1) is 5.92 Å². The van der Waals surface area contributed by atoms with Crippen LogP contribution in [0.2, 0.25) is 0 Å². The summed E-state index contributed by atoms with van der Waals surface area (Å²) in [6, 6.07) is 15.3. The maximum atomic E-state index is 11.6. The standard InChI is InChI=1S/C23H34N4O3S/c1-6-24-23(25-15-20-9-7-8-10-22(20)27-31(5,28)29)26-18(4)19-11-13-21(14-12-19)30-16-17(2)3/h7-14,17-18,27H,6,15-16H2,1-5H3,(H2,24,25,26). The molecule has 7 nitrogen and oxygen atoms in total. The van der Waals surface area contributed by atoms with Gasteiger partial charge in [-0.15, -0.1) is 0 Å². The second-order valence-electron chi connectivity index (χ2n) is 7.87. The summed E-state index contributed by atoms with van der Waals surface area (Å²) in [5, 5.41) is 6.64. The van der Waals surface area contributed by atoms with Crippen LogP contribution in [0.25, 0.3) is 0 Å². The first-order valence-corrected chi connectivity index (χ1v) is 12.4. The molecule has 1 atom stereocenters. The number of rotatable bonds is 10. The molecule has 8 heteroatoms. The van der Waals surface area contributed by atoms with Crippen molar-refractivity contribution in [3.8, 4) is 5.75 Å². The molecule has 0 saturated heterocycles. The highest BCUT2D eigenvalue weighted by atomic mass is 32.2. The molecular formula is C23H34N4O3S. The molecule has 31 heavy (non-hydrogen) atoms. The van der Waals surface area contributed by atoms with Gasteiger partial charge in [-0.3, -0.25) is 4.72 Å². The molecule has 0 fully saturated rings. The predicted molar refractivity (Wildman–Crippen MR) is 128 cm³/mol. The van der Waals surface area contributed by atoms with Crippen LogP contribution in [0.3, 0.4) is 0 Å². The fourth-order valence-corrected chi connectivity index (χ4v) is 3.44. The van der Waals surface area contributed by atoms with E-state index in [9.17, 15) is 8.42 Å². The van der Waals surface area contributed by atoms with Crippen LogP contribution >= 0.6 is 0 Å². The molecule has 0 aliphatic carbocycles. The number of sulfonamides is 1. The Labute approximate surface area is 186 Å². The molecule has 0 aliphatic heterocycles. The van der Waals surface area contributed by atoms with Gasteiger partial charge in [-0.25, -0.2) is 13.4 Å². The molecule has 0 amide bonds. The molecule has 0 heterocycles. The Morgan fingerprint density at radius 2 is 1.74 bits per heavy atom. The zero-order valence-electron chi connectivity index (χ0n) is 19.0. The van der Waals surface area contributed by atoms with E-state index in [1.165, 1.54) is 0 Å². The first-order chi connectivity index (χ1) is 14.7. The lowest BCUT2D eigenvalue weighted by atomic mass is 10.1. The second-order valence-corrected chi connectivity index (χ2v) is 9.61. The number of nitrogens with one attached hydrogen (secondary N) is 3. The van der Waals surface area contributed by atoms with Crippen LogP contribution in [0.5, 0.6) is 5.75 Å². The first kappa shape index (κ1) is 24.5. The van der Waals surface area contributed by atoms with E-state index >= 15 is 0 Å². The van der Waals surface area contributed by atoms with Crippen molar-refractivity contribution in [3.63, 3.8) is 0 Å². The molecule has 0 bridgehead atoms. The number of guanidine groups is 1. The summed E-state index contributed by atoms with van der Waals surface area (Å²) in [6.45, 7) is 10.1. The third kappa shape index (κ3) is 8.88.